The lowest BCUT2D eigenvalue weighted by molar-refractivity contribution is 0.0991. The summed E-state index contributed by atoms with van der Waals surface area (Å²) in [5, 5.41) is -0.488. The molecule has 0 amide bonds. The number of carbonyl (C=O) groups is 1. The number of hydrogen-bond donors (Lipinski definition) is 0. The van der Waals surface area contributed by atoms with E-state index < -0.39 is 5.38 Å². The van der Waals surface area contributed by atoms with Gasteiger partial charge in [-0.1, -0.05) is 0 Å². The van der Waals surface area contributed by atoms with Crippen molar-refractivity contribution in [2.45, 2.75) is 39.1 Å². The monoisotopic (exact) mass is 293 g/mol. The van der Waals surface area contributed by atoms with Crippen molar-refractivity contribution in [1.29, 1.82) is 0 Å². The molecule has 4 nitrogen and oxygen atoms in total. The summed E-state index contributed by atoms with van der Waals surface area (Å²) in [5.74, 6) is 1.03. The van der Waals surface area contributed by atoms with Gasteiger partial charge in [-0.3, -0.25) is 4.79 Å². The fourth-order valence-corrected chi connectivity index (χ4v) is 2.58. The Morgan fingerprint density at radius 3 is 2.70 bits per heavy atom. The average Bonchev–Trinajstić information content (AvgIpc) is 2.91. The highest BCUT2D eigenvalue weighted by molar-refractivity contribution is 6.33. The van der Waals surface area contributed by atoms with E-state index in [1.165, 1.54) is 0 Å². The van der Waals surface area contributed by atoms with Crippen molar-refractivity contribution in [2.24, 2.45) is 7.05 Å². The number of rotatable bonds is 5. The zero-order chi connectivity index (χ0) is 14.9. The second-order valence-corrected chi connectivity index (χ2v) is 5.78. The Balaban J connectivity index is 2.21. The fourth-order valence-electron chi connectivity index (χ4n) is 2.46. The minimum Gasteiger partial charge on any atom is -0.348 e. The van der Waals surface area contributed by atoms with Gasteiger partial charge in [0.2, 0.25) is 0 Å². The number of aryl methyl sites for hydroxylation is 3. The average molecular weight is 294 g/mol. The van der Waals surface area contributed by atoms with Crippen LogP contribution in [0.5, 0.6) is 0 Å². The van der Waals surface area contributed by atoms with Crippen molar-refractivity contribution in [2.75, 3.05) is 0 Å². The van der Waals surface area contributed by atoms with Crippen LogP contribution in [0, 0.1) is 13.8 Å². The molecular weight excluding hydrogens is 274 g/mol. The van der Waals surface area contributed by atoms with E-state index in [1.54, 1.807) is 13.1 Å². The molecule has 1 unspecified atom stereocenters. The van der Waals surface area contributed by atoms with Gasteiger partial charge in [0.15, 0.2) is 5.78 Å². The summed E-state index contributed by atoms with van der Waals surface area (Å²) < 4.78 is 4.17. The zero-order valence-electron chi connectivity index (χ0n) is 12.4. The van der Waals surface area contributed by atoms with Gasteiger partial charge in [0.25, 0.3) is 0 Å². The van der Waals surface area contributed by atoms with Crippen LogP contribution in [-0.4, -0.2) is 25.3 Å². The number of Topliss-reactive ketones (excluding diaryl/α,β-unsaturated/α-hetero) is 1. The van der Waals surface area contributed by atoms with Gasteiger partial charge in [-0.15, -0.1) is 11.6 Å². The molecule has 0 bridgehead atoms. The lowest BCUT2D eigenvalue weighted by atomic mass is 10.1. The lowest BCUT2D eigenvalue weighted by Gasteiger charge is -2.10. The SMILES string of the molecule is Cc1cc(C(=O)C(C)Cl)c(C)n1CCc1nccn1C. The molecule has 2 aromatic heterocycles. The Labute approximate surface area is 124 Å². The molecule has 2 heterocycles. The maximum atomic E-state index is 12.1. The summed E-state index contributed by atoms with van der Waals surface area (Å²) in [6, 6.07) is 1.93. The van der Waals surface area contributed by atoms with E-state index in [2.05, 4.69) is 9.55 Å². The predicted octanol–water partition coefficient (Wildman–Crippen LogP) is 2.89. The number of imidazole rings is 1. The number of nitrogens with zero attached hydrogens (tertiary/aromatic N) is 3. The first-order valence-corrected chi connectivity index (χ1v) is 7.16. The van der Waals surface area contributed by atoms with Gasteiger partial charge in [-0.25, -0.2) is 4.98 Å². The fraction of sp³-hybridized carbons (Fsp3) is 0.467. The second-order valence-electron chi connectivity index (χ2n) is 5.12. The Hall–Kier alpha value is -1.55. The van der Waals surface area contributed by atoms with E-state index in [0.717, 1.165) is 35.7 Å². The molecule has 0 aliphatic rings. The third kappa shape index (κ3) is 2.80. The van der Waals surface area contributed by atoms with E-state index in [9.17, 15) is 4.79 Å². The number of aromatic nitrogens is 3. The minimum atomic E-state index is -0.488. The first-order valence-electron chi connectivity index (χ1n) is 6.73. The summed E-state index contributed by atoms with van der Waals surface area (Å²) in [7, 11) is 1.99. The maximum absolute atomic E-state index is 12.1. The molecule has 5 heteroatoms. The predicted molar refractivity (Wildman–Crippen MR) is 80.5 cm³/mol. The van der Waals surface area contributed by atoms with Gasteiger partial charge < -0.3 is 9.13 Å². The van der Waals surface area contributed by atoms with Crippen LogP contribution < -0.4 is 0 Å². The molecule has 0 aromatic carbocycles. The molecule has 1 atom stereocenters. The van der Waals surface area contributed by atoms with Crippen molar-refractivity contribution >= 4 is 17.4 Å². The van der Waals surface area contributed by atoms with Crippen LogP contribution in [0.3, 0.4) is 0 Å². The molecule has 0 fully saturated rings. The largest absolute Gasteiger partial charge is 0.348 e. The Morgan fingerprint density at radius 1 is 1.45 bits per heavy atom. The van der Waals surface area contributed by atoms with Crippen LogP contribution in [0.2, 0.25) is 0 Å². The highest BCUT2D eigenvalue weighted by atomic mass is 35.5. The van der Waals surface area contributed by atoms with E-state index in [4.69, 9.17) is 11.6 Å². The Kier molecular flexibility index (Phi) is 4.33. The standard InChI is InChI=1S/C15H20ClN3O/c1-10-9-13(15(20)11(2)16)12(3)19(10)7-5-14-17-6-8-18(14)4/h6,8-9,11H,5,7H2,1-4H3. The third-order valence-corrected chi connectivity index (χ3v) is 3.88. The van der Waals surface area contributed by atoms with Crippen LogP contribution in [0.4, 0.5) is 0 Å². The van der Waals surface area contributed by atoms with Crippen molar-refractivity contribution in [3.05, 3.63) is 41.2 Å². The van der Waals surface area contributed by atoms with E-state index in [0.29, 0.717) is 0 Å². The first-order chi connectivity index (χ1) is 9.41. The van der Waals surface area contributed by atoms with Gasteiger partial charge in [0.1, 0.15) is 5.82 Å². The highest BCUT2D eigenvalue weighted by Crippen LogP contribution is 2.19. The molecule has 0 N–H and O–H groups in total. The van der Waals surface area contributed by atoms with Crippen LogP contribution in [0.15, 0.2) is 18.5 Å². The minimum absolute atomic E-state index is 0.0111. The topological polar surface area (TPSA) is 39.8 Å². The maximum Gasteiger partial charge on any atom is 0.182 e. The van der Waals surface area contributed by atoms with E-state index >= 15 is 0 Å². The molecule has 2 aromatic rings. The van der Waals surface area contributed by atoms with Crippen molar-refractivity contribution in [3.63, 3.8) is 0 Å². The number of carbonyl (C=O) groups excluding carboxylic acids is 1. The smallest absolute Gasteiger partial charge is 0.182 e. The zero-order valence-corrected chi connectivity index (χ0v) is 13.1. The van der Waals surface area contributed by atoms with Crippen LogP contribution in [0.25, 0.3) is 0 Å². The molecule has 0 aliphatic heterocycles. The highest BCUT2D eigenvalue weighted by Gasteiger charge is 2.19. The molecule has 0 saturated carbocycles. The molecule has 0 saturated heterocycles. The summed E-state index contributed by atoms with van der Waals surface area (Å²) >= 11 is 5.90. The van der Waals surface area contributed by atoms with Crippen molar-refractivity contribution in [1.82, 2.24) is 14.1 Å². The molecule has 108 valence electrons. The van der Waals surface area contributed by atoms with Gasteiger partial charge in [-0.05, 0) is 26.8 Å². The van der Waals surface area contributed by atoms with Gasteiger partial charge in [0.05, 0.1) is 5.38 Å². The summed E-state index contributed by atoms with van der Waals surface area (Å²) in [6.07, 6.45) is 4.58. The van der Waals surface area contributed by atoms with Crippen LogP contribution in [0.1, 0.15) is 34.5 Å². The number of ketones is 1. The van der Waals surface area contributed by atoms with Crippen LogP contribution in [-0.2, 0) is 20.0 Å². The molecule has 20 heavy (non-hydrogen) atoms. The van der Waals surface area contributed by atoms with Gasteiger partial charge in [-0.2, -0.15) is 0 Å². The summed E-state index contributed by atoms with van der Waals surface area (Å²) in [5.41, 5.74) is 2.79. The number of halogens is 1. The third-order valence-electron chi connectivity index (χ3n) is 3.68. The molecule has 0 aliphatic carbocycles. The molecule has 0 spiro atoms. The van der Waals surface area contributed by atoms with E-state index in [1.807, 2.05) is 37.7 Å². The number of hydrogen-bond acceptors (Lipinski definition) is 2. The molecular formula is C15H20ClN3O. The van der Waals surface area contributed by atoms with Crippen LogP contribution >= 0.6 is 11.6 Å². The van der Waals surface area contributed by atoms with E-state index in [-0.39, 0.29) is 5.78 Å². The normalized spacial score (nSPS) is 12.7. The Bertz CT molecular complexity index is 625. The van der Waals surface area contributed by atoms with Crippen molar-refractivity contribution in [3.8, 4) is 0 Å². The second kappa shape index (κ2) is 5.83. The number of alkyl halides is 1. The quantitative estimate of drug-likeness (QED) is 0.628. The summed E-state index contributed by atoms with van der Waals surface area (Å²) in [6.45, 7) is 6.51. The first kappa shape index (κ1) is 14.9. The Morgan fingerprint density at radius 2 is 2.15 bits per heavy atom. The lowest BCUT2D eigenvalue weighted by Crippen LogP contribution is -2.13. The van der Waals surface area contributed by atoms with Crippen molar-refractivity contribution < 1.29 is 4.79 Å². The van der Waals surface area contributed by atoms with Gasteiger partial charge >= 0.3 is 0 Å². The summed E-state index contributed by atoms with van der Waals surface area (Å²) in [4.78, 5) is 16.4. The molecule has 2 rings (SSSR count). The molecule has 0 radical (unpaired) electrons. The van der Waals surface area contributed by atoms with Gasteiger partial charge in [0, 0.05) is 49.4 Å².